The van der Waals surface area contributed by atoms with Crippen molar-refractivity contribution in [3.8, 4) is 0 Å². The maximum atomic E-state index is 13.1. The number of rotatable bonds is 0. The molecule has 0 atom stereocenters. The van der Waals surface area contributed by atoms with Gasteiger partial charge in [0.2, 0.25) is 5.43 Å². The van der Waals surface area contributed by atoms with Crippen molar-refractivity contribution in [3.05, 3.63) is 64.6 Å². The fourth-order valence-electron chi connectivity index (χ4n) is 3.53. The Morgan fingerprint density at radius 1 is 0.875 bits per heavy atom. The fraction of sp³-hybridized carbons (Fsp3) is 0.105. The Morgan fingerprint density at radius 2 is 1.58 bits per heavy atom. The molecule has 0 N–H and O–H groups in total. The monoisotopic (exact) mass is 314 g/mol. The highest BCUT2D eigenvalue weighted by atomic mass is 16.1. The second kappa shape index (κ2) is 4.41. The lowest BCUT2D eigenvalue weighted by molar-refractivity contribution is 0.941. The molecule has 5 aromatic rings. The maximum Gasteiger partial charge on any atom is 0.202 e. The molecule has 0 aliphatic rings. The van der Waals surface area contributed by atoms with Crippen LogP contribution in [0.5, 0.6) is 0 Å². The molecule has 3 heterocycles. The first-order chi connectivity index (χ1) is 11.7. The topological polar surface area (TPSA) is 52.2 Å². The van der Waals surface area contributed by atoms with Crippen LogP contribution >= 0.6 is 0 Å². The molecule has 0 saturated carbocycles. The Kier molecular flexibility index (Phi) is 2.44. The number of nitrogens with zero attached hydrogens (tertiary/aromatic N) is 4. The van der Waals surface area contributed by atoms with Gasteiger partial charge in [0.25, 0.3) is 0 Å². The first-order valence-corrected chi connectivity index (χ1v) is 7.82. The van der Waals surface area contributed by atoms with E-state index in [0.29, 0.717) is 22.1 Å². The average Bonchev–Trinajstić information content (AvgIpc) is 2.99. The third-order valence-corrected chi connectivity index (χ3v) is 4.65. The lowest BCUT2D eigenvalue weighted by Crippen LogP contribution is -2.13. The summed E-state index contributed by atoms with van der Waals surface area (Å²) >= 11 is 0. The van der Waals surface area contributed by atoms with Crippen LogP contribution in [0.25, 0.3) is 38.6 Å². The minimum atomic E-state index is -0.0218. The van der Waals surface area contributed by atoms with Gasteiger partial charge < -0.3 is 4.57 Å². The highest BCUT2D eigenvalue weighted by molar-refractivity contribution is 6.00. The molecule has 0 saturated heterocycles. The molecule has 5 nitrogen and oxygen atoms in total. The molecule has 5 rings (SSSR count). The van der Waals surface area contributed by atoms with E-state index in [-0.39, 0.29) is 5.43 Å². The van der Waals surface area contributed by atoms with Crippen molar-refractivity contribution in [1.29, 1.82) is 0 Å². The van der Waals surface area contributed by atoms with Crippen LogP contribution in [0.2, 0.25) is 0 Å². The number of pyridine rings is 1. The molecule has 0 aliphatic carbocycles. The van der Waals surface area contributed by atoms with Crippen molar-refractivity contribution in [2.24, 2.45) is 7.05 Å². The molecule has 0 bridgehead atoms. The number of imidazole rings is 1. The van der Waals surface area contributed by atoms with Crippen molar-refractivity contribution in [1.82, 2.24) is 18.9 Å². The summed E-state index contributed by atoms with van der Waals surface area (Å²) < 4.78 is 3.94. The second-order valence-electron chi connectivity index (χ2n) is 6.02. The van der Waals surface area contributed by atoms with Gasteiger partial charge in [-0.15, -0.1) is 0 Å². The predicted octanol–water partition coefficient (Wildman–Crippen LogP) is 3.20. The number of aromatic nitrogens is 4. The molecule has 0 aliphatic heterocycles. The molecule has 0 spiro atoms. The van der Waals surface area contributed by atoms with Crippen LogP contribution < -0.4 is 5.43 Å². The van der Waals surface area contributed by atoms with E-state index in [1.807, 2.05) is 71.5 Å². The van der Waals surface area contributed by atoms with Crippen molar-refractivity contribution in [2.45, 2.75) is 6.92 Å². The Bertz CT molecular complexity index is 1340. The first-order valence-electron chi connectivity index (χ1n) is 7.82. The second-order valence-corrected chi connectivity index (χ2v) is 6.02. The summed E-state index contributed by atoms with van der Waals surface area (Å²) in [5.74, 6) is 0.816. The van der Waals surface area contributed by atoms with Gasteiger partial charge in [-0.2, -0.15) is 0 Å². The lowest BCUT2D eigenvalue weighted by Gasteiger charge is -2.11. The van der Waals surface area contributed by atoms with E-state index < -0.39 is 0 Å². The number of hydrogen-bond donors (Lipinski definition) is 0. The third kappa shape index (κ3) is 1.51. The number of hydrogen-bond acceptors (Lipinski definition) is 3. The van der Waals surface area contributed by atoms with Crippen molar-refractivity contribution in [3.63, 3.8) is 0 Å². The normalized spacial score (nSPS) is 11.9. The smallest absolute Gasteiger partial charge is 0.202 e. The minimum Gasteiger partial charge on any atom is -0.328 e. The van der Waals surface area contributed by atoms with E-state index in [0.717, 1.165) is 22.4 Å². The number of aryl methyl sites for hydroxylation is 2. The first kappa shape index (κ1) is 13.2. The van der Waals surface area contributed by atoms with E-state index in [2.05, 4.69) is 0 Å². The van der Waals surface area contributed by atoms with Crippen molar-refractivity contribution >= 4 is 38.6 Å². The van der Waals surface area contributed by atoms with Gasteiger partial charge in [-0.3, -0.25) is 9.20 Å². The molecule has 24 heavy (non-hydrogen) atoms. The van der Waals surface area contributed by atoms with E-state index in [4.69, 9.17) is 9.97 Å². The highest BCUT2D eigenvalue weighted by Gasteiger charge is 2.17. The summed E-state index contributed by atoms with van der Waals surface area (Å²) in [5.41, 5.74) is 4.03. The molecule has 116 valence electrons. The molecular weight excluding hydrogens is 300 g/mol. The zero-order chi connectivity index (χ0) is 16.4. The van der Waals surface area contributed by atoms with E-state index in [1.54, 1.807) is 0 Å². The van der Waals surface area contributed by atoms with Crippen LogP contribution in [-0.2, 0) is 7.05 Å². The zero-order valence-corrected chi connectivity index (χ0v) is 13.3. The fourth-order valence-corrected chi connectivity index (χ4v) is 3.53. The minimum absolute atomic E-state index is 0.0218. The number of benzene rings is 2. The molecule has 0 radical (unpaired) electrons. The molecule has 2 aromatic carbocycles. The van der Waals surface area contributed by atoms with Gasteiger partial charge in [0.15, 0.2) is 5.65 Å². The predicted molar refractivity (Wildman–Crippen MR) is 95.5 cm³/mol. The summed E-state index contributed by atoms with van der Waals surface area (Å²) in [6.45, 7) is 1.94. The molecule has 0 amide bonds. The Labute approximate surface area is 136 Å². The van der Waals surface area contributed by atoms with Gasteiger partial charge in [0.1, 0.15) is 16.9 Å². The van der Waals surface area contributed by atoms with Crippen LogP contribution in [0.3, 0.4) is 0 Å². The Balaban J connectivity index is 2.19. The molecule has 0 fully saturated rings. The summed E-state index contributed by atoms with van der Waals surface area (Å²) in [7, 11) is 1.94. The van der Waals surface area contributed by atoms with Crippen LogP contribution in [-0.4, -0.2) is 18.9 Å². The largest absolute Gasteiger partial charge is 0.328 e. The van der Waals surface area contributed by atoms with E-state index in [1.165, 1.54) is 0 Å². The van der Waals surface area contributed by atoms with Gasteiger partial charge in [0, 0.05) is 12.4 Å². The van der Waals surface area contributed by atoms with E-state index >= 15 is 0 Å². The molecule has 0 unspecified atom stereocenters. The summed E-state index contributed by atoms with van der Waals surface area (Å²) in [6.07, 6.45) is 0. The Hall–Kier alpha value is -3.21. The highest BCUT2D eigenvalue weighted by Crippen LogP contribution is 2.24. The number of para-hydroxylation sites is 3. The molecular formula is C19H14N4O. The third-order valence-electron chi connectivity index (χ3n) is 4.65. The van der Waals surface area contributed by atoms with Crippen molar-refractivity contribution in [2.75, 3.05) is 0 Å². The van der Waals surface area contributed by atoms with Crippen LogP contribution in [0, 0.1) is 6.92 Å². The Morgan fingerprint density at radius 3 is 2.42 bits per heavy atom. The van der Waals surface area contributed by atoms with Crippen molar-refractivity contribution < 1.29 is 0 Å². The summed E-state index contributed by atoms with van der Waals surface area (Å²) in [4.78, 5) is 22.6. The van der Waals surface area contributed by atoms with Crippen LogP contribution in [0.1, 0.15) is 5.82 Å². The van der Waals surface area contributed by atoms with Gasteiger partial charge in [-0.05, 0) is 31.2 Å². The van der Waals surface area contributed by atoms with Gasteiger partial charge in [0.05, 0.1) is 16.6 Å². The van der Waals surface area contributed by atoms with E-state index in [9.17, 15) is 4.79 Å². The molecule has 3 aromatic heterocycles. The molecule has 5 heteroatoms. The van der Waals surface area contributed by atoms with Gasteiger partial charge in [-0.1, -0.05) is 24.3 Å². The average molecular weight is 314 g/mol. The van der Waals surface area contributed by atoms with Gasteiger partial charge in [-0.25, -0.2) is 9.97 Å². The standard InChI is InChI=1S/C19H14N4O/c1-11-20-18-16(17(24)12-7-3-5-9-14(12)22(18)2)19-21-13-8-4-6-10-15(13)23(11)19/h3-10H,1-2H3. The van der Waals surface area contributed by atoms with Crippen LogP contribution in [0.4, 0.5) is 0 Å². The van der Waals surface area contributed by atoms with Gasteiger partial charge >= 0.3 is 0 Å². The quantitative estimate of drug-likeness (QED) is 0.412. The maximum absolute atomic E-state index is 13.1. The zero-order valence-electron chi connectivity index (χ0n) is 13.3. The lowest BCUT2D eigenvalue weighted by atomic mass is 10.1. The number of fused-ring (bicyclic) bond motifs is 6. The van der Waals surface area contributed by atoms with Crippen LogP contribution in [0.15, 0.2) is 53.3 Å². The SMILES string of the molecule is Cc1nc2c(c(=O)c3ccccc3n2C)c2nc3ccccc3n12. The summed E-state index contributed by atoms with van der Waals surface area (Å²) in [6, 6.07) is 15.5. The summed E-state index contributed by atoms with van der Waals surface area (Å²) in [5, 5.41) is 1.25.